The van der Waals surface area contributed by atoms with Crippen molar-refractivity contribution < 1.29 is 9.59 Å². The maximum atomic E-state index is 12.2. The monoisotopic (exact) mass is 331 g/mol. The molecule has 1 atom stereocenters. The van der Waals surface area contributed by atoms with E-state index in [9.17, 15) is 9.59 Å². The van der Waals surface area contributed by atoms with E-state index in [1.807, 2.05) is 6.92 Å². The largest absolute Gasteiger partial charge is 0.379 e. The third kappa shape index (κ3) is 2.72. The summed E-state index contributed by atoms with van der Waals surface area (Å²) in [6, 6.07) is -0.402. The molecule has 0 spiro atoms. The van der Waals surface area contributed by atoms with Gasteiger partial charge in [-0.2, -0.15) is 5.10 Å². The fourth-order valence-corrected chi connectivity index (χ4v) is 3.00. The highest BCUT2D eigenvalue weighted by molar-refractivity contribution is 6.06. The first-order valence-corrected chi connectivity index (χ1v) is 7.92. The van der Waals surface area contributed by atoms with Crippen LogP contribution in [0.25, 0.3) is 11.0 Å². The van der Waals surface area contributed by atoms with Gasteiger partial charge >= 0.3 is 6.03 Å². The van der Waals surface area contributed by atoms with Crippen molar-refractivity contribution >= 4 is 28.7 Å². The van der Waals surface area contributed by atoms with E-state index >= 15 is 0 Å². The number of anilines is 1. The molecule has 3 heterocycles. The van der Waals surface area contributed by atoms with E-state index in [0.29, 0.717) is 30.9 Å². The molecule has 0 saturated carbocycles. The Hall–Kier alpha value is -2.84. The third-order valence-electron chi connectivity index (χ3n) is 4.29. The standard InChI is InChI=1S/C15H21N7O2/c1-3-22-13-10(7-19-22)12(11(6-18-13)14(23)17-2)20-9-4-5-21(8-9)15(16)24/h6-7,9H,3-5,8H2,1-2H3,(H2,16,24)(H,17,23)(H,18,20)/t9-/m0/s1. The second-order valence-corrected chi connectivity index (χ2v) is 5.74. The van der Waals surface area contributed by atoms with Gasteiger partial charge in [0.15, 0.2) is 5.65 Å². The Morgan fingerprint density at radius 3 is 2.83 bits per heavy atom. The summed E-state index contributed by atoms with van der Waals surface area (Å²) in [7, 11) is 1.58. The van der Waals surface area contributed by atoms with E-state index < -0.39 is 6.03 Å². The van der Waals surface area contributed by atoms with Crippen LogP contribution in [0.5, 0.6) is 0 Å². The van der Waals surface area contributed by atoms with Crippen LogP contribution < -0.4 is 16.4 Å². The van der Waals surface area contributed by atoms with Crippen molar-refractivity contribution in [1.29, 1.82) is 0 Å². The Morgan fingerprint density at radius 2 is 2.21 bits per heavy atom. The number of aromatic nitrogens is 3. The van der Waals surface area contributed by atoms with Crippen LogP contribution in [-0.4, -0.2) is 57.8 Å². The number of pyridine rings is 1. The van der Waals surface area contributed by atoms with Crippen LogP contribution in [0.15, 0.2) is 12.4 Å². The maximum Gasteiger partial charge on any atom is 0.314 e. The summed E-state index contributed by atoms with van der Waals surface area (Å²) in [6.07, 6.45) is 4.03. The molecule has 0 aliphatic carbocycles. The number of nitrogens with two attached hydrogens (primary N) is 1. The van der Waals surface area contributed by atoms with E-state index in [0.717, 1.165) is 17.5 Å². The molecule has 24 heavy (non-hydrogen) atoms. The Bertz CT molecular complexity index is 785. The fraction of sp³-hybridized carbons (Fsp3) is 0.467. The van der Waals surface area contributed by atoms with Crippen LogP contribution in [0.3, 0.4) is 0 Å². The first kappa shape index (κ1) is 16.0. The third-order valence-corrected chi connectivity index (χ3v) is 4.29. The van der Waals surface area contributed by atoms with E-state index in [1.165, 1.54) is 0 Å². The van der Waals surface area contributed by atoms with Crippen molar-refractivity contribution in [3.8, 4) is 0 Å². The Labute approximate surface area is 139 Å². The number of hydrogen-bond acceptors (Lipinski definition) is 5. The van der Waals surface area contributed by atoms with Crippen molar-refractivity contribution in [3.05, 3.63) is 18.0 Å². The minimum Gasteiger partial charge on any atom is -0.379 e. The van der Waals surface area contributed by atoms with Gasteiger partial charge < -0.3 is 21.3 Å². The number of aryl methyl sites for hydroxylation is 1. The van der Waals surface area contributed by atoms with Gasteiger partial charge in [0.1, 0.15) is 0 Å². The number of primary amides is 1. The number of urea groups is 1. The lowest BCUT2D eigenvalue weighted by Crippen LogP contribution is -2.35. The number of rotatable bonds is 4. The predicted molar refractivity (Wildman–Crippen MR) is 89.8 cm³/mol. The second kappa shape index (κ2) is 6.34. The number of fused-ring (bicyclic) bond motifs is 1. The predicted octanol–water partition coefficient (Wildman–Crippen LogP) is 0.376. The molecule has 0 bridgehead atoms. The molecular weight excluding hydrogens is 310 g/mol. The van der Waals surface area contributed by atoms with Gasteiger partial charge in [-0.05, 0) is 13.3 Å². The Balaban J connectivity index is 1.99. The number of carbonyl (C=O) groups is 2. The number of hydrogen-bond donors (Lipinski definition) is 3. The van der Waals surface area contributed by atoms with Crippen LogP contribution in [0.1, 0.15) is 23.7 Å². The van der Waals surface area contributed by atoms with Gasteiger partial charge in [0.05, 0.1) is 22.8 Å². The molecule has 3 amide bonds. The van der Waals surface area contributed by atoms with Crippen LogP contribution in [0.4, 0.5) is 10.5 Å². The molecule has 0 unspecified atom stereocenters. The van der Waals surface area contributed by atoms with Crippen LogP contribution in [-0.2, 0) is 6.54 Å². The highest BCUT2D eigenvalue weighted by atomic mass is 16.2. The second-order valence-electron chi connectivity index (χ2n) is 5.74. The van der Waals surface area contributed by atoms with E-state index in [4.69, 9.17) is 5.73 Å². The summed E-state index contributed by atoms with van der Waals surface area (Å²) < 4.78 is 1.78. The van der Waals surface area contributed by atoms with E-state index in [2.05, 4.69) is 20.7 Å². The molecule has 128 valence electrons. The zero-order valence-corrected chi connectivity index (χ0v) is 13.7. The number of nitrogens with zero attached hydrogens (tertiary/aromatic N) is 4. The van der Waals surface area contributed by atoms with Crippen LogP contribution >= 0.6 is 0 Å². The molecule has 1 aliphatic rings. The minimum absolute atomic E-state index is 0.0245. The highest BCUT2D eigenvalue weighted by Gasteiger charge is 2.27. The van der Waals surface area contributed by atoms with Gasteiger partial charge in [-0.25, -0.2) is 14.5 Å². The summed E-state index contributed by atoms with van der Waals surface area (Å²) in [5.74, 6) is -0.221. The summed E-state index contributed by atoms with van der Waals surface area (Å²) >= 11 is 0. The van der Waals surface area contributed by atoms with Crippen molar-refractivity contribution in [1.82, 2.24) is 25.0 Å². The fourth-order valence-electron chi connectivity index (χ4n) is 3.00. The summed E-state index contributed by atoms with van der Waals surface area (Å²) in [4.78, 5) is 29.5. The average molecular weight is 331 g/mol. The number of likely N-dealkylation sites (tertiary alicyclic amines) is 1. The minimum atomic E-state index is -0.426. The molecule has 4 N–H and O–H groups in total. The van der Waals surface area contributed by atoms with Crippen molar-refractivity contribution in [2.45, 2.75) is 25.9 Å². The Kier molecular flexibility index (Phi) is 4.24. The molecule has 1 saturated heterocycles. The van der Waals surface area contributed by atoms with Gasteiger partial charge in [-0.15, -0.1) is 0 Å². The molecule has 1 aliphatic heterocycles. The number of amides is 3. The van der Waals surface area contributed by atoms with Gasteiger partial charge in [0.25, 0.3) is 5.91 Å². The quantitative estimate of drug-likeness (QED) is 0.748. The molecule has 2 aromatic heterocycles. The molecule has 0 aromatic carbocycles. The molecule has 9 nitrogen and oxygen atoms in total. The Morgan fingerprint density at radius 1 is 1.42 bits per heavy atom. The molecule has 1 fully saturated rings. The smallest absolute Gasteiger partial charge is 0.314 e. The molecule has 2 aromatic rings. The molecule has 3 rings (SSSR count). The van der Waals surface area contributed by atoms with Gasteiger partial charge in [0.2, 0.25) is 0 Å². The maximum absolute atomic E-state index is 12.2. The lowest BCUT2D eigenvalue weighted by Gasteiger charge is -2.18. The van der Waals surface area contributed by atoms with Crippen LogP contribution in [0.2, 0.25) is 0 Å². The number of carbonyl (C=O) groups excluding carboxylic acids is 2. The van der Waals surface area contributed by atoms with Gasteiger partial charge in [-0.1, -0.05) is 0 Å². The SMILES string of the molecule is CCn1ncc2c(N[C@H]3CCN(C(N)=O)C3)c(C(=O)NC)cnc21. The van der Waals surface area contributed by atoms with Gasteiger partial charge in [-0.3, -0.25) is 4.79 Å². The van der Waals surface area contributed by atoms with Crippen molar-refractivity contribution in [2.24, 2.45) is 5.73 Å². The normalized spacial score (nSPS) is 17.2. The van der Waals surface area contributed by atoms with E-state index in [1.54, 1.807) is 29.0 Å². The summed E-state index contributed by atoms with van der Waals surface area (Å²) in [6.45, 7) is 3.78. The first-order valence-electron chi connectivity index (χ1n) is 7.92. The zero-order valence-electron chi connectivity index (χ0n) is 13.7. The topological polar surface area (TPSA) is 118 Å². The van der Waals surface area contributed by atoms with Crippen molar-refractivity contribution in [2.75, 3.05) is 25.5 Å². The summed E-state index contributed by atoms with van der Waals surface area (Å²) in [5.41, 5.74) is 7.20. The lowest BCUT2D eigenvalue weighted by atomic mass is 10.1. The van der Waals surface area contributed by atoms with E-state index in [-0.39, 0.29) is 11.9 Å². The molecular formula is C15H21N7O2. The first-order chi connectivity index (χ1) is 11.5. The highest BCUT2D eigenvalue weighted by Crippen LogP contribution is 2.28. The van der Waals surface area contributed by atoms with Gasteiger partial charge in [0, 0.05) is 38.9 Å². The number of nitrogens with one attached hydrogen (secondary N) is 2. The molecule has 9 heteroatoms. The molecule has 0 radical (unpaired) electrons. The summed E-state index contributed by atoms with van der Waals surface area (Å²) in [5, 5.41) is 11.1. The lowest BCUT2D eigenvalue weighted by molar-refractivity contribution is 0.0963. The average Bonchev–Trinajstić information content (AvgIpc) is 3.21. The van der Waals surface area contributed by atoms with Crippen LogP contribution in [0, 0.1) is 0 Å². The van der Waals surface area contributed by atoms with Crippen molar-refractivity contribution in [3.63, 3.8) is 0 Å². The zero-order chi connectivity index (χ0) is 17.3.